The van der Waals surface area contributed by atoms with Crippen LogP contribution in [-0.2, 0) is 14.3 Å². The fraction of sp³-hybridized carbons (Fsp3) is 0.714. The fourth-order valence-corrected chi connectivity index (χ4v) is 2.66. The normalized spacial score (nSPS) is 14.6. The van der Waals surface area contributed by atoms with Crippen LogP contribution in [0.25, 0.3) is 0 Å². The number of hydrogen-bond acceptors (Lipinski definition) is 5. The Morgan fingerprint density at radius 1 is 1.11 bits per heavy atom. The second-order valence-corrected chi connectivity index (χ2v) is 7.87. The van der Waals surface area contributed by atoms with E-state index in [-0.39, 0.29) is 12.8 Å². The van der Waals surface area contributed by atoms with Crippen LogP contribution in [0.1, 0.15) is 58.3 Å². The average Bonchev–Trinajstić information content (AvgIpc) is 2.51. The number of carboxylic acids is 1. The van der Waals surface area contributed by atoms with E-state index in [1.165, 1.54) is 0 Å². The molecule has 2 unspecified atom stereocenters. The van der Waals surface area contributed by atoms with Gasteiger partial charge in [-0.25, -0.2) is 0 Å². The van der Waals surface area contributed by atoms with Gasteiger partial charge in [0, 0.05) is 18.8 Å². The zero-order valence-corrected chi connectivity index (χ0v) is 17.4. The van der Waals surface area contributed by atoms with Gasteiger partial charge in [-0.3, -0.25) is 4.79 Å². The number of carbonyl (C=O) groups excluding carboxylic acids is 2. The van der Waals surface area contributed by atoms with Crippen LogP contribution >= 0.6 is 0 Å². The monoisotopic (exact) mass is 383 g/mol. The molecule has 0 fully saturated rings. The Labute approximate surface area is 164 Å². The minimum atomic E-state index is -1.23. The molecule has 27 heavy (non-hydrogen) atoms. The van der Waals surface area contributed by atoms with Gasteiger partial charge in [0.15, 0.2) is 6.10 Å². The van der Waals surface area contributed by atoms with Gasteiger partial charge in [-0.1, -0.05) is 31.2 Å². The molecule has 0 aromatic carbocycles. The molecule has 0 aromatic heterocycles. The first-order valence-electron chi connectivity index (χ1n) is 9.82. The molecule has 0 aromatic rings. The molecule has 0 aliphatic carbocycles. The molecule has 0 amide bonds. The van der Waals surface area contributed by atoms with Crippen molar-refractivity contribution in [1.82, 2.24) is 0 Å². The van der Waals surface area contributed by atoms with E-state index in [0.29, 0.717) is 30.3 Å². The number of aliphatic hydroxyl groups excluding tert-OH is 1. The fourth-order valence-electron chi connectivity index (χ4n) is 2.66. The molecule has 0 bridgehead atoms. The van der Waals surface area contributed by atoms with Crippen LogP contribution in [0.3, 0.4) is 0 Å². The summed E-state index contributed by atoms with van der Waals surface area (Å²) in [6.07, 6.45) is 11.6. The summed E-state index contributed by atoms with van der Waals surface area (Å²) in [4.78, 5) is 22.8. The van der Waals surface area contributed by atoms with Crippen molar-refractivity contribution >= 4 is 11.9 Å². The highest BCUT2D eigenvalue weighted by Crippen LogP contribution is 2.11. The van der Waals surface area contributed by atoms with Crippen molar-refractivity contribution in [3.63, 3.8) is 0 Å². The molecule has 0 spiro atoms. The van der Waals surface area contributed by atoms with E-state index >= 15 is 0 Å². The maximum absolute atomic E-state index is 11.9. The average molecular weight is 384 g/mol. The molecule has 0 heterocycles. The molecule has 0 saturated carbocycles. The Balaban J connectivity index is 4.04. The lowest BCUT2D eigenvalue weighted by Crippen LogP contribution is -2.45. The van der Waals surface area contributed by atoms with Gasteiger partial charge in [0.1, 0.15) is 6.54 Å². The second kappa shape index (κ2) is 14.4. The standard InChI is InChI=1S/C21H37NO5/c1-5-6-7-8-9-10-11-13-18(23)14-12-15-21(26)27-19(16-20(24)25)17-22(2,3)4/h6-7,9-10,18-19,23H,5,8,11-17H2,1-4H3/b7-6+,10-9+. The van der Waals surface area contributed by atoms with E-state index in [1.807, 2.05) is 21.1 Å². The highest BCUT2D eigenvalue weighted by atomic mass is 16.5. The summed E-state index contributed by atoms with van der Waals surface area (Å²) in [5.41, 5.74) is 0. The van der Waals surface area contributed by atoms with Crippen LogP contribution in [0.15, 0.2) is 24.3 Å². The number of nitrogens with zero attached hydrogens (tertiary/aromatic N) is 1. The Morgan fingerprint density at radius 3 is 2.37 bits per heavy atom. The summed E-state index contributed by atoms with van der Waals surface area (Å²) < 4.78 is 5.78. The van der Waals surface area contributed by atoms with Gasteiger partial charge >= 0.3 is 5.97 Å². The van der Waals surface area contributed by atoms with Crippen molar-refractivity contribution in [2.45, 2.75) is 70.5 Å². The lowest BCUT2D eigenvalue weighted by Gasteiger charge is -2.29. The van der Waals surface area contributed by atoms with Crippen molar-refractivity contribution in [2.24, 2.45) is 0 Å². The van der Waals surface area contributed by atoms with Gasteiger partial charge in [-0.05, 0) is 38.5 Å². The van der Waals surface area contributed by atoms with Crippen molar-refractivity contribution in [3.8, 4) is 0 Å². The topological polar surface area (TPSA) is 86.7 Å². The van der Waals surface area contributed by atoms with Crippen molar-refractivity contribution < 1.29 is 29.0 Å². The quantitative estimate of drug-likeness (QED) is 0.265. The number of allylic oxidation sites excluding steroid dienone is 4. The molecule has 1 N–H and O–H groups in total. The third-order valence-electron chi connectivity index (χ3n) is 3.87. The molecule has 0 aliphatic heterocycles. The summed E-state index contributed by atoms with van der Waals surface area (Å²) >= 11 is 0. The van der Waals surface area contributed by atoms with Crippen LogP contribution in [0.5, 0.6) is 0 Å². The third kappa shape index (κ3) is 17.5. The van der Waals surface area contributed by atoms with Crippen molar-refractivity contribution in [2.75, 3.05) is 27.7 Å². The van der Waals surface area contributed by atoms with E-state index in [0.717, 1.165) is 19.3 Å². The molecular formula is C21H37NO5. The van der Waals surface area contributed by atoms with Crippen LogP contribution in [0, 0.1) is 0 Å². The Hall–Kier alpha value is -1.66. The summed E-state index contributed by atoms with van der Waals surface area (Å²) in [5, 5.41) is 20.8. The molecule has 6 heteroatoms. The number of hydrogen-bond donors (Lipinski definition) is 1. The number of carbonyl (C=O) groups is 2. The lowest BCUT2D eigenvalue weighted by atomic mass is 10.1. The summed E-state index contributed by atoms with van der Waals surface area (Å²) in [6.45, 7) is 2.50. The van der Waals surface area contributed by atoms with Gasteiger partial charge in [0.05, 0.1) is 27.2 Å². The highest BCUT2D eigenvalue weighted by Gasteiger charge is 2.22. The number of aliphatic carboxylic acids is 1. The summed E-state index contributed by atoms with van der Waals surface area (Å²) in [7, 11) is 5.71. The number of carboxylic acid groups (broad SMARTS) is 1. The van der Waals surface area contributed by atoms with E-state index in [9.17, 15) is 19.8 Å². The molecular weight excluding hydrogens is 346 g/mol. The minimum absolute atomic E-state index is 0.176. The Morgan fingerprint density at radius 2 is 1.78 bits per heavy atom. The Kier molecular flexibility index (Phi) is 13.5. The van der Waals surface area contributed by atoms with E-state index in [4.69, 9.17) is 4.74 Å². The van der Waals surface area contributed by atoms with Gasteiger partial charge in [0.25, 0.3) is 0 Å². The predicted octanol–water partition coefficient (Wildman–Crippen LogP) is 1.97. The molecule has 0 aliphatic rings. The summed E-state index contributed by atoms with van der Waals surface area (Å²) in [5.74, 6) is -1.65. The number of aliphatic hydroxyl groups is 1. The number of likely N-dealkylation sites (N-methyl/N-ethyl adjacent to an activating group) is 1. The Bertz CT molecular complexity index is 479. The highest BCUT2D eigenvalue weighted by molar-refractivity contribution is 5.70. The number of ether oxygens (including phenoxy) is 1. The first-order chi connectivity index (χ1) is 12.6. The zero-order valence-electron chi connectivity index (χ0n) is 17.4. The van der Waals surface area contributed by atoms with E-state index in [2.05, 4.69) is 31.2 Å². The molecule has 2 atom stereocenters. The largest absolute Gasteiger partial charge is 0.550 e. The molecule has 0 rings (SSSR count). The van der Waals surface area contributed by atoms with Crippen molar-refractivity contribution in [1.29, 1.82) is 0 Å². The number of rotatable bonds is 15. The summed E-state index contributed by atoms with van der Waals surface area (Å²) in [6, 6.07) is 0. The second-order valence-electron chi connectivity index (χ2n) is 7.87. The van der Waals surface area contributed by atoms with Crippen LogP contribution < -0.4 is 5.11 Å². The predicted molar refractivity (Wildman–Crippen MR) is 105 cm³/mol. The zero-order chi connectivity index (χ0) is 20.7. The van der Waals surface area contributed by atoms with Crippen LogP contribution in [-0.4, -0.2) is 61.4 Å². The SMILES string of the molecule is CC/C=C/C/C=C/CCC(O)CCCC(=O)OC(CC(=O)[O-])C[N+](C)(C)C. The van der Waals surface area contributed by atoms with Gasteiger partial charge in [0.2, 0.25) is 0 Å². The van der Waals surface area contributed by atoms with Crippen LogP contribution in [0.4, 0.5) is 0 Å². The van der Waals surface area contributed by atoms with Gasteiger partial charge in [-0.15, -0.1) is 0 Å². The first kappa shape index (κ1) is 25.3. The molecule has 6 nitrogen and oxygen atoms in total. The van der Waals surface area contributed by atoms with E-state index in [1.54, 1.807) is 0 Å². The van der Waals surface area contributed by atoms with Crippen molar-refractivity contribution in [3.05, 3.63) is 24.3 Å². The van der Waals surface area contributed by atoms with E-state index < -0.39 is 24.1 Å². The maximum atomic E-state index is 11.9. The smallest absolute Gasteiger partial charge is 0.306 e. The maximum Gasteiger partial charge on any atom is 0.306 e. The molecule has 156 valence electrons. The number of esters is 1. The molecule has 0 radical (unpaired) electrons. The first-order valence-corrected chi connectivity index (χ1v) is 9.82. The number of quaternary nitrogens is 1. The van der Waals surface area contributed by atoms with Gasteiger partial charge < -0.3 is 24.2 Å². The molecule has 0 saturated heterocycles. The lowest BCUT2D eigenvalue weighted by molar-refractivity contribution is -0.873. The third-order valence-corrected chi connectivity index (χ3v) is 3.87. The minimum Gasteiger partial charge on any atom is -0.550 e. The van der Waals surface area contributed by atoms with Gasteiger partial charge in [-0.2, -0.15) is 0 Å². The van der Waals surface area contributed by atoms with Crippen LogP contribution in [0.2, 0.25) is 0 Å².